The van der Waals surface area contributed by atoms with E-state index in [1.165, 1.54) is 4.88 Å². The van der Waals surface area contributed by atoms with Crippen molar-refractivity contribution in [1.29, 1.82) is 0 Å². The van der Waals surface area contributed by atoms with Crippen LogP contribution in [0.3, 0.4) is 0 Å². The van der Waals surface area contributed by atoms with Crippen LogP contribution in [0.4, 0.5) is 0 Å². The fraction of sp³-hybridized carbons (Fsp3) is 0.333. The molecule has 1 aromatic carbocycles. The van der Waals surface area contributed by atoms with Gasteiger partial charge in [-0.25, -0.2) is 0 Å². The van der Waals surface area contributed by atoms with Gasteiger partial charge >= 0.3 is 0 Å². The van der Waals surface area contributed by atoms with E-state index in [9.17, 15) is 0 Å². The lowest BCUT2D eigenvalue weighted by Crippen LogP contribution is -1.97. The Morgan fingerprint density at radius 3 is 2.53 bits per heavy atom. The summed E-state index contributed by atoms with van der Waals surface area (Å²) in [5, 5.41) is -0.213. The fourth-order valence-electron chi connectivity index (χ4n) is 1.91. The van der Waals surface area contributed by atoms with Crippen molar-refractivity contribution in [3.63, 3.8) is 0 Å². The maximum absolute atomic E-state index is 6.59. The van der Waals surface area contributed by atoms with E-state index in [-0.39, 0.29) is 5.38 Å². The summed E-state index contributed by atoms with van der Waals surface area (Å²) in [5.41, 5.74) is 0.938. The highest BCUT2D eigenvalue weighted by Crippen LogP contribution is 2.39. The summed E-state index contributed by atoms with van der Waals surface area (Å²) in [6.07, 6.45) is 1.03. The van der Waals surface area contributed by atoms with Crippen molar-refractivity contribution in [2.45, 2.75) is 18.7 Å². The lowest BCUT2D eigenvalue weighted by atomic mass is 10.1. The Balaban J connectivity index is 2.38. The molecule has 0 bridgehead atoms. The number of ether oxygens (including phenoxy) is 2. The average molecular weight is 297 g/mol. The quantitative estimate of drug-likeness (QED) is 0.747. The third-order valence-electron chi connectivity index (χ3n) is 2.99. The van der Waals surface area contributed by atoms with E-state index < -0.39 is 0 Å². The van der Waals surface area contributed by atoms with Gasteiger partial charge in [-0.1, -0.05) is 6.92 Å². The molecule has 4 heteroatoms. The minimum atomic E-state index is -0.213. The molecule has 0 N–H and O–H groups in total. The lowest BCUT2D eigenvalue weighted by molar-refractivity contribution is 0.399. The van der Waals surface area contributed by atoms with Crippen molar-refractivity contribution in [2.75, 3.05) is 14.2 Å². The van der Waals surface area contributed by atoms with Crippen LogP contribution in [-0.2, 0) is 6.42 Å². The number of hydrogen-bond acceptors (Lipinski definition) is 3. The summed E-state index contributed by atoms with van der Waals surface area (Å²) in [5.74, 6) is 1.57. The summed E-state index contributed by atoms with van der Waals surface area (Å²) in [6.45, 7) is 2.14. The molecule has 0 aliphatic rings. The van der Waals surface area contributed by atoms with Gasteiger partial charge in [-0.05, 0) is 36.8 Å². The molecule has 1 aromatic heterocycles. The summed E-state index contributed by atoms with van der Waals surface area (Å²) >= 11 is 8.33. The van der Waals surface area contributed by atoms with Crippen molar-refractivity contribution in [3.05, 3.63) is 45.6 Å². The van der Waals surface area contributed by atoms with Crippen molar-refractivity contribution in [3.8, 4) is 11.5 Å². The highest BCUT2D eigenvalue weighted by Gasteiger charge is 2.18. The molecule has 0 aliphatic carbocycles. The number of benzene rings is 1. The van der Waals surface area contributed by atoms with Crippen molar-refractivity contribution in [1.82, 2.24) is 0 Å². The average Bonchev–Trinajstić information content (AvgIpc) is 2.94. The molecule has 1 atom stereocenters. The van der Waals surface area contributed by atoms with Crippen LogP contribution in [0.2, 0.25) is 0 Å². The van der Waals surface area contributed by atoms with Gasteiger partial charge in [0, 0.05) is 15.3 Å². The van der Waals surface area contributed by atoms with Gasteiger partial charge in [-0.2, -0.15) is 0 Å². The summed E-state index contributed by atoms with van der Waals surface area (Å²) < 4.78 is 10.6. The third kappa shape index (κ3) is 3.04. The standard InChI is InChI=1S/C15H17ClO2S/c1-4-11-6-8-14(19-11)15(16)12-9-10(17-2)5-7-13(12)18-3/h5-9,15H,4H2,1-3H3. The van der Waals surface area contributed by atoms with Crippen molar-refractivity contribution in [2.24, 2.45) is 0 Å². The number of hydrogen-bond donors (Lipinski definition) is 0. The summed E-state index contributed by atoms with van der Waals surface area (Å²) in [4.78, 5) is 2.47. The normalized spacial score (nSPS) is 12.2. The molecular weight excluding hydrogens is 280 g/mol. The van der Waals surface area contributed by atoms with Crippen LogP contribution in [0.1, 0.15) is 27.6 Å². The van der Waals surface area contributed by atoms with Crippen molar-refractivity contribution < 1.29 is 9.47 Å². The molecule has 0 saturated heterocycles. The third-order valence-corrected chi connectivity index (χ3v) is 4.88. The van der Waals surface area contributed by atoms with Gasteiger partial charge in [0.15, 0.2) is 0 Å². The van der Waals surface area contributed by atoms with Gasteiger partial charge in [0.2, 0.25) is 0 Å². The minimum Gasteiger partial charge on any atom is -0.497 e. The Kier molecular flexibility index (Phi) is 4.72. The molecule has 0 aliphatic heterocycles. The second-order valence-electron chi connectivity index (χ2n) is 4.13. The van der Waals surface area contributed by atoms with E-state index >= 15 is 0 Å². The molecule has 0 radical (unpaired) electrons. The van der Waals surface area contributed by atoms with E-state index in [0.29, 0.717) is 0 Å². The monoisotopic (exact) mass is 296 g/mol. The molecule has 0 fully saturated rings. The maximum atomic E-state index is 6.59. The van der Waals surface area contributed by atoms with E-state index in [2.05, 4.69) is 19.1 Å². The molecule has 19 heavy (non-hydrogen) atoms. The number of methoxy groups -OCH3 is 2. The van der Waals surface area contributed by atoms with Crippen LogP contribution in [0.15, 0.2) is 30.3 Å². The minimum absolute atomic E-state index is 0.213. The smallest absolute Gasteiger partial charge is 0.124 e. The Bertz CT molecular complexity index is 551. The molecule has 1 unspecified atom stereocenters. The summed E-state index contributed by atoms with van der Waals surface area (Å²) in [6, 6.07) is 9.90. The van der Waals surface area contributed by atoms with Gasteiger partial charge in [0.1, 0.15) is 11.5 Å². The number of aryl methyl sites for hydroxylation is 1. The van der Waals surface area contributed by atoms with Crippen LogP contribution in [-0.4, -0.2) is 14.2 Å². The Morgan fingerprint density at radius 2 is 1.95 bits per heavy atom. The van der Waals surface area contributed by atoms with Gasteiger partial charge < -0.3 is 9.47 Å². The zero-order valence-electron chi connectivity index (χ0n) is 11.3. The Morgan fingerprint density at radius 1 is 1.16 bits per heavy atom. The highest BCUT2D eigenvalue weighted by molar-refractivity contribution is 7.12. The molecule has 2 nitrogen and oxygen atoms in total. The molecule has 0 amide bonds. The van der Waals surface area contributed by atoms with Crippen LogP contribution in [0.5, 0.6) is 11.5 Å². The largest absolute Gasteiger partial charge is 0.497 e. The second kappa shape index (κ2) is 6.31. The number of thiophene rings is 1. The van der Waals surface area contributed by atoms with E-state index in [0.717, 1.165) is 28.4 Å². The van der Waals surface area contributed by atoms with Gasteiger partial charge in [-0.3, -0.25) is 0 Å². The van der Waals surface area contributed by atoms with Gasteiger partial charge in [0.25, 0.3) is 0 Å². The first-order chi connectivity index (χ1) is 9.19. The Labute approximate surface area is 122 Å². The molecule has 2 aromatic rings. The molecule has 2 rings (SSSR count). The van der Waals surface area contributed by atoms with Gasteiger partial charge in [0.05, 0.1) is 19.6 Å². The van der Waals surface area contributed by atoms with E-state index in [1.807, 2.05) is 18.2 Å². The van der Waals surface area contributed by atoms with Crippen LogP contribution in [0, 0.1) is 0 Å². The predicted molar refractivity (Wildman–Crippen MR) is 80.9 cm³/mol. The zero-order chi connectivity index (χ0) is 13.8. The maximum Gasteiger partial charge on any atom is 0.124 e. The number of rotatable bonds is 5. The fourth-order valence-corrected chi connectivity index (χ4v) is 3.24. The topological polar surface area (TPSA) is 18.5 Å². The van der Waals surface area contributed by atoms with Crippen molar-refractivity contribution >= 4 is 22.9 Å². The number of alkyl halides is 1. The molecular formula is C15H17ClO2S. The molecule has 0 saturated carbocycles. The lowest BCUT2D eigenvalue weighted by Gasteiger charge is -2.14. The highest BCUT2D eigenvalue weighted by atomic mass is 35.5. The van der Waals surface area contributed by atoms with E-state index in [4.69, 9.17) is 21.1 Å². The first-order valence-electron chi connectivity index (χ1n) is 6.14. The SMILES string of the molecule is CCc1ccc(C(Cl)c2cc(OC)ccc2OC)s1. The van der Waals surface area contributed by atoms with Crippen LogP contribution < -0.4 is 9.47 Å². The van der Waals surface area contributed by atoms with E-state index in [1.54, 1.807) is 25.6 Å². The van der Waals surface area contributed by atoms with Crippen LogP contribution >= 0.6 is 22.9 Å². The molecule has 102 valence electrons. The zero-order valence-corrected chi connectivity index (χ0v) is 12.8. The Hall–Kier alpha value is -1.19. The van der Waals surface area contributed by atoms with Crippen LogP contribution in [0.25, 0.3) is 0 Å². The predicted octanol–water partition coefficient (Wildman–Crippen LogP) is 4.66. The second-order valence-corrected chi connectivity index (χ2v) is 5.76. The number of halogens is 1. The summed E-state index contributed by atoms with van der Waals surface area (Å²) in [7, 11) is 3.30. The first-order valence-corrected chi connectivity index (χ1v) is 7.39. The molecule has 0 spiro atoms. The first kappa shape index (κ1) is 14.2. The molecule has 1 heterocycles. The van der Waals surface area contributed by atoms with Gasteiger partial charge in [-0.15, -0.1) is 22.9 Å².